The van der Waals surface area contributed by atoms with Crippen molar-refractivity contribution in [2.75, 3.05) is 18.8 Å². The Morgan fingerprint density at radius 3 is 2.65 bits per heavy atom. The van der Waals surface area contributed by atoms with Crippen LogP contribution in [0.4, 0.5) is 0 Å². The molecule has 0 aromatic heterocycles. The van der Waals surface area contributed by atoms with Gasteiger partial charge in [-0.15, -0.1) is 0 Å². The van der Waals surface area contributed by atoms with Gasteiger partial charge < -0.3 is 5.32 Å². The molecule has 0 bridgehead atoms. The lowest BCUT2D eigenvalue weighted by Crippen LogP contribution is -2.37. The zero-order valence-electron chi connectivity index (χ0n) is 12.6. The summed E-state index contributed by atoms with van der Waals surface area (Å²) in [6.45, 7) is 8.35. The molecule has 1 aliphatic heterocycles. The molecule has 2 atom stereocenters. The fourth-order valence-electron chi connectivity index (χ4n) is 3.07. The Kier molecular flexibility index (Phi) is 4.55. The molecule has 4 heteroatoms. The first-order chi connectivity index (χ1) is 9.44. The Hall–Kier alpha value is -0.870. The Morgan fingerprint density at radius 1 is 1.30 bits per heavy atom. The molecule has 0 saturated heterocycles. The average Bonchev–Trinajstić information content (AvgIpc) is 2.72. The van der Waals surface area contributed by atoms with Gasteiger partial charge in [0, 0.05) is 12.5 Å². The van der Waals surface area contributed by atoms with Crippen LogP contribution >= 0.6 is 0 Å². The van der Waals surface area contributed by atoms with Gasteiger partial charge in [0.15, 0.2) is 9.84 Å². The molecule has 0 spiro atoms. The number of nitrogens with one attached hydrogen (secondary N) is 1. The SMILES string of the molecule is CCCNCC(C)(CC)C1CS(=O)(=O)c2ccccc21. The zero-order chi connectivity index (χ0) is 14.8. The highest BCUT2D eigenvalue weighted by atomic mass is 32.2. The second-order valence-electron chi connectivity index (χ2n) is 6.06. The number of benzene rings is 1. The summed E-state index contributed by atoms with van der Waals surface area (Å²) in [7, 11) is -3.11. The van der Waals surface area contributed by atoms with Crippen molar-refractivity contribution in [3.63, 3.8) is 0 Å². The minimum atomic E-state index is -3.11. The molecule has 0 radical (unpaired) electrons. The monoisotopic (exact) mass is 295 g/mol. The van der Waals surface area contributed by atoms with E-state index in [2.05, 4.69) is 26.1 Å². The molecular weight excluding hydrogens is 270 g/mol. The van der Waals surface area contributed by atoms with Crippen LogP contribution in [0, 0.1) is 5.41 Å². The number of sulfone groups is 1. The summed E-state index contributed by atoms with van der Waals surface area (Å²) < 4.78 is 24.7. The van der Waals surface area contributed by atoms with Gasteiger partial charge in [-0.1, -0.05) is 39.0 Å². The van der Waals surface area contributed by atoms with E-state index in [1.165, 1.54) is 0 Å². The molecule has 1 aliphatic rings. The first kappa shape index (κ1) is 15.5. The van der Waals surface area contributed by atoms with Gasteiger partial charge in [0.25, 0.3) is 0 Å². The van der Waals surface area contributed by atoms with Crippen LogP contribution in [0.15, 0.2) is 29.2 Å². The molecule has 1 aromatic rings. The maximum Gasteiger partial charge on any atom is 0.179 e. The van der Waals surface area contributed by atoms with Gasteiger partial charge in [0.05, 0.1) is 10.6 Å². The van der Waals surface area contributed by atoms with Gasteiger partial charge in [-0.25, -0.2) is 8.42 Å². The van der Waals surface area contributed by atoms with E-state index in [0.717, 1.165) is 31.5 Å². The molecule has 2 rings (SSSR count). The van der Waals surface area contributed by atoms with E-state index in [1.54, 1.807) is 6.07 Å². The number of fused-ring (bicyclic) bond motifs is 1. The summed E-state index contributed by atoms with van der Waals surface area (Å²) in [5.74, 6) is 0.350. The van der Waals surface area contributed by atoms with E-state index in [0.29, 0.717) is 4.90 Å². The van der Waals surface area contributed by atoms with Gasteiger partial charge in [-0.05, 0) is 36.4 Å². The van der Waals surface area contributed by atoms with E-state index in [9.17, 15) is 8.42 Å². The molecule has 2 unspecified atom stereocenters. The summed E-state index contributed by atoms with van der Waals surface area (Å²) in [6, 6.07) is 7.50. The molecule has 1 aromatic carbocycles. The Labute approximate surface area is 122 Å². The molecule has 0 amide bonds. The van der Waals surface area contributed by atoms with Crippen molar-refractivity contribution in [1.82, 2.24) is 5.32 Å². The predicted molar refractivity (Wildman–Crippen MR) is 82.8 cm³/mol. The number of hydrogen-bond donors (Lipinski definition) is 1. The number of rotatable bonds is 6. The van der Waals surface area contributed by atoms with Crippen LogP contribution in [0.25, 0.3) is 0 Å². The van der Waals surface area contributed by atoms with E-state index in [4.69, 9.17) is 0 Å². The van der Waals surface area contributed by atoms with E-state index in [1.807, 2.05) is 18.2 Å². The quantitative estimate of drug-likeness (QED) is 0.821. The summed E-state index contributed by atoms with van der Waals surface area (Å²) in [5.41, 5.74) is 0.990. The normalized spacial score (nSPS) is 23.2. The first-order valence-corrected chi connectivity index (χ1v) is 9.12. The highest BCUT2D eigenvalue weighted by Crippen LogP contribution is 2.46. The van der Waals surface area contributed by atoms with Gasteiger partial charge in [0.2, 0.25) is 0 Å². The Bertz CT molecular complexity index is 568. The summed E-state index contributed by atoms with van der Waals surface area (Å²) in [5, 5.41) is 3.47. The minimum absolute atomic E-state index is 0.0190. The van der Waals surface area contributed by atoms with Crippen molar-refractivity contribution in [3.05, 3.63) is 29.8 Å². The molecule has 0 fully saturated rings. The largest absolute Gasteiger partial charge is 0.316 e. The van der Waals surface area contributed by atoms with Gasteiger partial charge >= 0.3 is 0 Å². The van der Waals surface area contributed by atoms with Crippen molar-refractivity contribution >= 4 is 9.84 Å². The van der Waals surface area contributed by atoms with Gasteiger partial charge in [0.1, 0.15) is 0 Å². The Morgan fingerprint density at radius 2 is 2.00 bits per heavy atom. The van der Waals surface area contributed by atoms with Crippen LogP contribution in [0.2, 0.25) is 0 Å². The van der Waals surface area contributed by atoms with E-state index in [-0.39, 0.29) is 17.1 Å². The highest BCUT2D eigenvalue weighted by molar-refractivity contribution is 7.91. The fraction of sp³-hybridized carbons (Fsp3) is 0.625. The van der Waals surface area contributed by atoms with Crippen molar-refractivity contribution in [3.8, 4) is 0 Å². The molecule has 1 heterocycles. The van der Waals surface area contributed by atoms with Crippen LogP contribution in [0.1, 0.15) is 45.1 Å². The lowest BCUT2D eigenvalue weighted by Gasteiger charge is -2.35. The van der Waals surface area contributed by atoms with Crippen molar-refractivity contribution in [1.29, 1.82) is 0 Å². The first-order valence-electron chi connectivity index (χ1n) is 7.47. The van der Waals surface area contributed by atoms with Gasteiger partial charge in [-0.3, -0.25) is 0 Å². The van der Waals surface area contributed by atoms with Crippen LogP contribution in [-0.4, -0.2) is 27.3 Å². The average molecular weight is 295 g/mol. The van der Waals surface area contributed by atoms with Gasteiger partial charge in [-0.2, -0.15) is 0 Å². The maximum atomic E-state index is 12.3. The second kappa shape index (κ2) is 5.86. The molecule has 3 nitrogen and oxygen atoms in total. The van der Waals surface area contributed by atoms with Crippen LogP contribution in [0.5, 0.6) is 0 Å². The smallest absolute Gasteiger partial charge is 0.179 e. The third-order valence-electron chi connectivity index (χ3n) is 4.62. The van der Waals surface area contributed by atoms with Crippen molar-refractivity contribution < 1.29 is 8.42 Å². The van der Waals surface area contributed by atoms with Crippen molar-refractivity contribution in [2.45, 2.75) is 44.4 Å². The lowest BCUT2D eigenvalue weighted by molar-refractivity contribution is 0.245. The molecule has 112 valence electrons. The third kappa shape index (κ3) is 2.77. The minimum Gasteiger partial charge on any atom is -0.316 e. The predicted octanol–water partition coefficient (Wildman–Crippen LogP) is 2.97. The standard InChI is InChI=1S/C16H25NO2S/c1-4-10-17-12-16(3,5-2)14-11-20(18,19)15-9-7-6-8-13(14)15/h6-9,14,17H,4-5,10-12H2,1-3H3. The highest BCUT2D eigenvalue weighted by Gasteiger charge is 2.43. The zero-order valence-corrected chi connectivity index (χ0v) is 13.5. The van der Waals surface area contributed by atoms with E-state index >= 15 is 0 Å². The molecule has 20 heavy (non-hydrogen) atoms. The van der Waals surface area contributed by atoms with Crippen LogP contribution < -0.4 is 5.32 Å². The van der Waals surface area contributed by atoms with Crippen LogP contribution in [-0.2, 0) is 9.84 Å². The van der Waals surface area contributed by atoms with E-state index < -0.39 is 9.84 Å². The summed E-state index contributed by atoms with van der Waals surface area (Å²) in [6.07, 6.45) is 2.07. The number of hydrogen-bond acceptors (Lipinski definition) is 3. The van der Waals surface area contributed by atoms with Crippen LogP contribution in [0.3, 0.4) is 0 Å². The Balaban J connectivity index is 2.33. The summed E-state index contributed by atoms with van der Waals surface area (Å²) >= 11 is 0. The molecular formula is C16H25NO2S. The molecule has 1 N–H and O–H groups in total. The fourth-order valence-corrected chi connectivity index (χ4v) is 5.13. The molecule has 0 aliphatic carbocycles. The maximum absolute atomic E-state index is 12.3. The molecule has 0 saturated carbocycles. The third-order valence-corrected chi connectivity index (χ3v) is 6.43. The second-order valence-corrected chi connectivity index (χ2v) is 8.06. The lowest BCUT2D eigenvalue weighted by atomic mass is 9.72. The topological polar surface area (TPSA) is 46.2 Å². The van der Waals surface area contributed by atoms with Crippen molar-refractivity contribution in [2.24, 2.45) is 5.41 Å². The summed E-state index contributed by atoms with van der Waals surface area (Å²) in [4.78, 5) is 0.542.